The molecule has 0 amide bonds. The van der Waals surface area contributed by atoms with Gasteiger partial charge in [0, 0.05) is 38.9 Å². The third-order valence-corrected chi connectivity index (χ3v) is 14.8. The molecule has 8 nitrogen and oxygen atoms in total. The molecule has 7 aliphatic rings. The molecule has 1 aromatic carbocycles. The zero-order valence-electron chi connectivity index (χ0n) is 27.9. The smallest absolute Gasteiger partial charge is 0.169 e. The first-order valence-corrected chi connectivity index (χ1v) is 17.2. The number of carbonyl (C=O) groups is 1. The Bertz CT molecular complexity index is 1690. The van der Waals surface area contributed by atoms with Crippen LogP contribution in [-0.4, -0.2) is 78.5 Å². The van der Waals surface area contributed by atoms with Crippen molar-refractivity contribution in [2.24, 2.45) is 23.2 Å². The third-order valence-electron chi connectivity index (χ3n) is 14.8. The number of fused-ring (bicyclic) bond motifs is 10. The summed E-state index contributed by atoms with van der Waals surface area (Å²) in [5.74, 6) is 0.467. The van der Waals surface area contributed by atoms with Crippen LogP contribution < -0.4 is 0 Å². The number of rotatable bonds is 1. The fourth-order valence-electron chi connectivity index (χ4n) is 12.6. The molecule has 0 bridgehead atoms. The lowest BCUT2D eigenvalue weighted by molar-refractivity contribution is -0.280. The van der Waals surface area contributed by atoms with E-state index in [0.717, 1.165) is 42.3 Å². The van der Waals surface area contributed by atoms with Gasteiger partial charge in [-0.05, 0) is 109 Å². The Morgan fingerprint density at radius 1 is 0.978 bits per heavy atom. The maximum Gasteiger partial charge on any atom is 0.169 e. The lowest BCUT2D eigenvalue weighted by Gasteiger charge is -2.66. The highest BCUT2D eigenvalue weighted by Crippen LogP contribution is 2.75. The van der Waals surface area contributed by atoms with E-state index in [1.54, 1.807) is 13.8 Å². The van der Waals surface area contributed by atoms with Crippen molar-refractivity contribution in [2.45, 2.75) is 152 Å². The molecule has 1 spiro atoms. The standard InChI is InChI=1S/C37H49NO7/c1-31(2,41)29-27(40)30-37(44-30)23(43-29)12-13-34(7)35(8)17(11-14-36(34,37)42)15-20-24-19-16-21-25(33(5,6)45-32(21,3)4)26(39)18(19)9-10-22(24)38-28(20)35/h9-10,17,21,23,25,27,29-30,38,40-42H,11-16H2,1-8H3/t17-,21?,23-,25?,27?,29-,30?,34+,35+,36-,37?/m0/s1. The number of benzene rings is 1. The van der Waals surface area contributed by atoms with Gasteiger partial charge in [0.1, 0.15) is 23.9 Å². The molecule has 11 atom stereocenters. The Labute approximate surface area is 265 Å². The summed E-state index contributed by atoms with van der Waals surface area (Å²) in [6.45, 7) is 16.3. The van der Waals surface area contributed by atoms with Crippen LogP contribution in [0.2, 0.25) is 0 Å². The van der Waals surface area contributed by atoms with Crippen molar-refractivity contribution in [3.63, 3.8) is 0 Å². The lowest BCUT2D eigenvalue weighted by Crippen LogP contribution is -2.76. The van der Waals surface area contributed by atoms with Gasteiger partial charge in [0.2, 0.25) is 0 Å². The number of aromatic amines is 1. The van der Waals surface area contributed by atoms with Crippen LogP contribution in [0.4, 0.5) is 0 Å². The van der Waals surface area contributed by atoms with Crippen molar-refractivity contribution in [1.29, 1.82) is 0 Å². The minimum atomic E-state index is -1.23. The van der Waals surface area contributed by atoms with E-state index < -0.39 is 57.8 Å². The molecular weight excluding hydrogens is 570 g/mol. The Kier molecular flexibility index (Phi) is 5.26. The van der Waals surface area contributed by atoms with Gasteiger partial charge in [-0.3, -0.25) is 4.79 Å². The van der Waals surface area contributed by atoms with Gasteiger partial charge in [-0.1, -0.05) is 13.8 Å². The third kappa shape index (κ3) is 3.06. The van der Waals surface area contributed by atoms with Crippen molar-refractivity contribution in [2.75, 3.05) is 0 Å². The van der Waals surface area contributed by atoms with E-state index in [1.165, 1.54) is 16.6 Å². The van der Waals surface area contributed by atoms with Crippen molar-refractivity contribution < 1.29 is 34.3 Å². The number of H-pyrrole nitrogens is 1. The van der Waals surface area contributed by atoms with Crippen molar-refractivity contribution in [3.05, 3.63) is 34.5 Å². The summed E-state index contributed by atoms with van der Waals surface area (Å²) in [6, 6.07) is 4.11. The number of nitrogens with one attached hydrogen (secondary N) is 1. The van der Waals surface area contributed by atoms with Gasteiger partial charge in [-0.15, -0.1) is 0 Å². The maximum atomic E-state index is 14.2. The predicted octanol–water partition coefficient (Wildman–Crippen LogP) is 4.52. The molecule has 1 aromatic heterocycles. The van der Waals surface area contributed by atoms with Crippen LogP contribution in [0, 0.1) is 23.2 Å². The summed E-state index contributed by atoms with van der Waals surface area (Å²) in [6.07, 6.45) is 1.78. The van der Waals surface area contributed by atoms with Gasteiger partial charge in [-0.25, -0.2) is 0 Å². The molecule has 0 radical (unpaired) electrons. The van der Waals surface area contributed by atoms with Crippen LogP contribution in [0.1, 0.15) is 108 Å². The molecule has 2 aromatic rings. The van der Waals surface area contributed by atoms with Crippen LogP contribution >= 0.6 is 0 Å². The highest BCUT2D eigenvalue weighted by Gasteiger charge is 2.86. The zero-order chi connectivity index (χ0) is 32.1. The molecular formula is C37H49NO7. The molecule has 45 heavy (non-hydrogen) atoms. The van der Waals surface area contributed by atoms with Gasteiger partial charge in [-0.2, -0.15) is 0 Å². The zero-order valence-corrected chi connectivity index (χ0v) is 27.9. The molecule has 4 aliphatic carbocycles. The summed E-state index contributed by atoms with van der Waals surface area (Å²) in [5, 5.41) is 36.4. The number of aliphatic hydroxyl groups is 3. The summed E-state index contributed by atoms with van der Waals surface area (Å²) >= 11 is 0. The molecule has 4 heterocycles. The topological polar surface area (TPSA) is 125 Å². The summed E-state index contributed by atoms with van der Waals surface area (Å²) in [7, 11) is 0. The van der Waals surface area contributed by atoms with E-state index >= 15 is 0 Å². The van der Waals surface area contributed by atoms with Gasteiger partial charge < -0.3 is 34.5 Å². The number of aromatic nitrogens is 1. The quantitative estimate of drug-likeness (QED) is 0.346. The molecule has 3 saturated heterocycles. The number of ether oxygens (including phenoxy) is 3. The molecule has 3 aliphatic heterocycles. The summed E-state index contributed by atoms with van der Waals surface area (Å²) in [5.41, 5.74) is 0.255. The largest absolute Gasteiger partial charge is 0.388 e. The van der Waals surface area contributed by atoms with E-state index in [-0.39, 0.29) is 23.0 Å². The number of ketones is 1. The molecule has 4 N–H and O–H groups in total. The van der Waals surface area contributed by atoms with Crippen LogP contribution in [0.15, 0.2) is 12.1 Å². The van der Waals surface area contributed by atoms with Gasteiger partial charge >= 0.3 is 0 Å². The van der Waals surface area contributed by atoms with Crippen molar-refractivity contribution in [3.8, 4) is 0 Å². The van der Waals surface area contributed by atoms with E-state index in [4.69, 9.17) is 14.2 Å². The van der Waals surface area contributed by atoms with E-state index in [0.29, 0.717) is 18.8 Å². The number of carbonyl (C=O) groups excluding carboxylic acids is 1. The predicted molar refractivity (Wildman–Crippen MR) is 167 cm³/mol. The highest BCUT2D eigenvalue weighted by molar-refractivity contribution is 6.06. The van der Waals surface area contributed by atoms with Gasteiger partial charge in [0.25, 0.3) is 0 Å². The molecule has 2 saturated carbocycles. The average Bonchev–Trinajstić information content (AvgIpc) is 3.44. The molecule has 8 heteroatoms. The number of Topliss-reactive ketones (excluding diaryl/α,β-unsaturated/α-hetero) is 1. The number of aliphatic hydroxyl groups excluding tert-OH is 1. The second-order valence-electron chi connectivity index (χ2n) is 17.8. The van der Waals surface area contributed by atoms with Crippen LogP contribution in [0.25, 0.3) is 10.9 Å². The normalized spacial score (nSPS) is 48.5. The Morgan fingerprint density at radius 2 is 1.71 bits per heavy atom. The first-order valence-electron chi connectivity index (χ1n) is 17.2. The summed E-state index contributed by atoms with van der Waals surface area (Å²) in [4.78, 5) is 18.0. The minimum Gasteiger partial charge on any atom is -0.388 e. The van der Waals surface area contributed by atoms with E-state index in [1.807, 2.05) is 6.07 Å². The lowest BCUT2D eigenvalue weighted by atomic mass is 9.40. The monoisotopic (exact) mass is 619 g/mol. The van der Waals surface area contributed by atoms with Crippen LogP contribution in [-0.2, 0) is 32.5 Å². The average molecular weight is 620 g/mol. The first kappa shape index (κ1) is 29.3. The van der Waals surface area contributed by atoms with E-state index in [2.05, 4.69) is 52.6 Å². The fourth-order valence-corrected chi connectivity index (χ4v) is 12.6. The second kappa shape index (κ2) is 8.07. The van der Waals surface area contributed by atoms with Crippen LogP contribution in [0.5, 0.6) is 0 Å². The SMILES string of the molecule is CC1(C)OC(C)(C)C2C(=O)c3ccc4[nH]c5c(c4c3CC21)C[C@@H]1CC[C@@]2(O)C34OC3C(O)[C@@H](C(C)(C)O)O[C@H]4CC[C@]2(C)[C@@]51C. The molecule has 9 rings (SSSR count). The molecule has 244 valence electrons. The van der Waals surface area contributed by atoms with Crippen LogP contribution in [0.3, 0.4) is 0 Å². The highest BCUT2D eigenvalue weighted by atomic mass is 16.7. The first-order chi connectivity index (χ1) is 20.8. The Balaban J connectivity index is 1.17. The molecule has 5 unspecified atom stereocenters. The number of epoxide rings is 1. The second-order valence-corrected chi connectivity index (χ2v) is 17.8. The molecule has 5 fully saturated rings. The minimum absolute atomic E-state index is 0.106. The Morgan fingerprint density at radius 3 is 2.42 bits per heavy atom. The number of hydrogen-bond acceptors (Lipinski definition) is 7. The van der Waals surface area contributed by atoms with Gasteiger partial charge in [0.15, 0.2) is 11.4 Å². The van der Waals surface area contributed by atoms with Gasteiger partial charge in [0.05, 0.1) is 28.8 Å². The maximum absolute atomic E-state index is 14.2. The fraction of sp³-hybridized carbons (Fsp3) is 0.757. The Hall–Kier alpha value is -1.81. The van der Waals surface area contributed by atoms with E-state index in [9.17, 15) is 20.1 Å². The van der Waals surface area contributed by atoms with Crippen molar-refractivity contribution >= 4 is 16.7 Å². The summed E-state index contributed by atoms with van der Waals surface area (Å²) < 4.78 is 19.4. The number of hydrogen-bond donors (Lipinski definition) is 4. The van der Waals surface area contributed by atoms with Crippen molar-refractivity contribution in [1.82, 2.24) is 4.98 Å².